The Balaban J connectivity index is 1.72. The van der Waals surface area contributed by atoms with Crippen molar-refractivity contribution >= 4 is 27.3 Å². The van der Waals surface area contributed by atoms with E-state index in [4.69, 9.17) is 11.6 Å². The van der Waals surface area contributed by atoms with Gasteiger partial charge in [-0.15, -0.1) is 5.10 Å². The summed E-state index contributed by atoms with van der Waals surface area (Å²) in [7, 11) is -3.14. The van der Waals surface area contributed by atoms with Crippen LogP contribution < -0.4 is 5.32 Å². The first-order valence-electron chi connectivity index (χ1n) is 8.90. The molecular weight excluding hydrogens is 414 g/mol. The number of aromatic nitrogens is 4. The van der Waals surface area contributed by atoms with Crippen molar-refractivity contribution < 1.29 is 13.2 Å². The summed E-state index contributed by atoms with van der Waals surface area (Å²) in [6.45, 7) is 1.75. The second kappa shape index (κ2) is 7.23. The molecule has 1 N–H and O–H groups in total. The normalized spacial score (nSPS) is 20.5. The van der Waals surface area contributed by atoms with E-state index in [1.54, 1.807) is 31.2 Å². The zero-order valence-corrected chi connectivity index (χ0v) is 17.1. The predicted octanol–water partition coefficient (Wildman–Crippen LogP) is 2.29. The highest BCUT2D eigenvalue weighted by atomic mass is 35.5. The summed E-state index contributed by atoms with van der Waals surface area (Å²) in [5, 5.41) is 14.7. The number of halogens is 1. The van der Waals surface area contributed by atoms with Crippen LogP contribution in [-0.2, 0) is 9.84 Å². The molecule has 4 rings (SSSR count). The average molecular weight is 432 g/mol. The van der Waals surface area contributed by atoms with E-state index in [1.807, 2.05) is 18.2 Å². The molecule has 2 aromatic carbocycles. The van der Waals surface area contributed by atoms with Crippen LogP contribution in [0.25, 0.3) is 16.8 Å². The molecule has 150 valence electrons. The Morgan fingerprint density at radius 3 is 2.55 bits per heavy atom. The maximum atomic E-state index is 13.0. The van der Waals surface area contributed by atoms with Gasteiger partial charge in [0.15, 0.2) is 9.84 Å². The number of sulfone groups is 1. The number of benzene rings is 2. The van der Waals surface area contributed by atoms with Crippen molar-refractivity contribution in [3.63, 3.8) is 0 Å². The molecule has 1 amide bonds. The predicted molar refractivity (Wildman–Crippen MR) is 109 cm³/mol. The molecule has 1 aliphatic heterocycles. The minimum absolute atomic E-state index is 0.0670. The van der Waals surface area contributed by atoms with Gasteiger partial charge in [-0.1, -0.05) is 23.7 Å². The molecule has 0 aliphatic carbocycles. The fourth-order valence-corrected chi connectivity index (χ4v) is 5.64. The smallest absolute Gasteiger partial charge is 0.251 e. The molecule has 1 aromatic heterocycles. The molecule has 1 fully saturated rings. The first kappa shape index (κ1) is 19.5. The largest absolute Gasteiger partial charge is 0.346 e. The molecule has 1 atom stereocenters. The van der Waals surface area contributed by atoms with E-state index < -0.39 is 15.4 Å². The van der Waals surface area contributed by atoms with E-state index in [-0.39, 0.29) is 17.4 Å². The fourth-order valence-electron chi connectivity index (χ4n) is 3.42. The van der Waals surface area contributed by atoms with Crippen molar-refractivity contribution in [3.05, 3.63) is 59.4 Å². The Morgan fingerprint density at radius 1 is 1.17 bits per heavy atom. The third-order valence-corrected chi connectivity index (χ3v) is 7.04. The zero-order valence-electron chi connectivity index (χ0n) is 15.5. The van der Waals surface area contributed by atoms with E-state index in [0.717, 1.165) is 11.1 Å². The number of amides is 1. The van der Waals surface area contributed by atoms with Crippen LogP contribution in [0, 0.1) is 0 Å². The first-order chi connectivity index (χ1) is 13.7. The van der Waals surface area contributed by atoms with Gasteiger partial charge in [-0.05, 0) is 65.2 Å². The Hall–Kier alpha value is -2.78. The van der Waals surface area contributed by atoms with E-state index in [9.17, 15) is 13.2 Å². The second-order valence-electron chi connectivity index (χ2n) is 7.39. The standard InChI is InChI=1S/C19H18ClN5O3S/c1-19(6-7-29(27,28)11-19)22-18(26)15-8-14(13-2-4-16(20)5-3-13)9-17(10-15)25-12-21-23-24-25/h2-5,8-10,12H,6-7,11H2,1H3,(H,22,26). The molecule has 1 saturated heterocycles. The van der Waals surface area contributed by atoms with Gasteiger partial charge >= 0.3 is 0 Å². The molecule has 8 nitrogen and oxygen atoms in total. The van der Waals surface area contributed by atoms with Crippen LogP contribution in [0.1, 0.15) is 23.7 Å². The number of nitrogens with one attached hydrogen (secondary N) is 1. The Kier molecular flexibility index (Phi) is 4.87. The van der Waals surface area contributed by atoms with Crippen LogP contribution in [0.2, 0.25) is 5.02 Å². The van der Waals surface area contributed by atoms with Crippen molar-refractivity contribution in [2.24, 2.45) is 0 Å². The summed E-state index contributed by atoms with van der Waals surface area (Å²) in [4.78, 5) is 13.0. The highest BCUT2D eigenvalue weighted by Gasteiger charge is 2.39. The van der Waals surface area contributed by atoms with Crippen molar-refractivity contribution in [1.82, 2.24) is 25.5 Å². The fraction of sp³-hybridized carbons (Fsp3) is 0.263. The monoisotopic (exact) mass is 431 g/mol. The molecule has 0 bridgehead atoms. The third-order valence-electron chi connectivity index (χ3n) is 4.89. The van der Waals surface area contributed by atoms with E-state index in [1.165, 1.54) is 11.0 Å². The Bertz CT molecular complexity index is 1160. The molecule has 1 aliphatic rings. The number of tetrazole rings is 1. The number of nitrogens with zero attached hydrogens (tertiary/aromatic N) is 4. The molecular formula is C19H18ClN5O3S. The lowest BCUT2D eigenvalue weighted by Crippen LogP contribution is -2.46. The number of rotatable bonds is 4. The maximum absolute atomic E-state index is 13.0. The molecule has 10 heteroatoms. The quantitative estimate of drug-likeness (QED) is 0.679. The summed E-state index contributed by atoms with van der Waals surface area (Å²) in [5.41, 5.74) is 1.85. The van der Waals surface area contributed by atoms with Gasteiger partial charge in [0.05, 0.1) is 22.7 Å². The van der Waals surface area contributed by atoms with Crippen LogP contribution in [0.3, 0.4) is 0 Å². The van der Waals surface area contributed by atoms with Crippen LogP contribution in [0.15, 0.2) is 48.8 Å². The SMILES string of the molecule is CC1(NC(=O)c2cc(-c3ccc(Cl)cc3)cc(-n3cnnn3)c2)CCS(=O)(=O)C1. The van der Waals surface area contributed by atoms with Crippen molar-refractivity contribution in [2.75, 3.05) is 11.5 Å². The minimum atomic E-state index is -3.14. The number of hydrogen-bond acceptors (Lipinski definition) is 6. The lowest BCUT2D eigenvalue weighted by Gasteiger charge is -2.24. The van der Waals surface area contributed by atoms with Crippen molar-refractivity contribution in [3.8, 4) is 16.8 Å². The molecule has 1 unspecified atom stereocenters. The highest BCUT2D eigenvalue weighted by molar-refractivity contribution is 7.91. The summed E-state index contributed by atoms with van der Waals surface area (Å²) < 4.78 is 25.2. The van der Waals surface area contributed by atoms with Gasteiger partial charge in [0.25, 0.3) is 5.91 Å². The average Bonchev–Trinajstić information content (AvgIpc) is 3.30. The van der Waals surface area contributed by atoms with Gasteiger partial charge in [0.2, 0.25) is 0 Å². The van der Waals surface area contributed by atoms with Gasteiger partial charge in [0, 0.05) is 10.6 Å². The molecule has 2 heterocycles. The van der Waals surface area contributed by atoms with Crippen molar-refractivity contribution in [1.29, 1.82) is 0 Å². The lowest BCUT2D eigenvalue weighted by molar-refractivity contribution is 0.0915. The van der Waals surface area contributed by atoms with Gasteiger partial charge < -0.3 is 5.32 Å². The molecule has 3 aromatic rings. The lowest BCUT2D eigenvalue weighted by atomic mass is 9.99. The number of carbonyl (C=O) groups is 1. The molecule has 0 spiro atoms. The number of carbonyl (C=O) groups excluding carboxylic acids is 1. The maximum Gasteiger partial charge on any atom is 0.251 e. The van der Waals surface area contributed by atoms with E-state index >= 15 is 0 Å². The van der Waals surface area contributed by atoms with Crippen LogP contribution >= 0.6 is 11.6 Å². The van der Waals surface area contributed by atoms with Crippen LogP contribution in [0.4, 0.5) is 0 Å². The van der Waals surface area contributed by atoms with Gasteiger partial charge in [-0.25, -0.2) is 13.1 Å². The molecule has 29 heavy (non-hydrogen) atoms. The van der Waals surface area contributed by atoms with Crippen LogP contribution in [-0.4, -0.2) is 51.6 Å². The van der Waals surface area contributed by atoms with E-state index in [0.29, 0.717) is 22.7 Å². The second-order valence-corrected chi connectivity index (χ2v) is 10.0. The number of hydrogen-bond donors (Lipinski definition) is 1. The topological polar surface area (TPSA) is 107 Å². The minimum Gasteiger partial charge on any atom is -0.346 e. The zero-order chi connectivity index (χ0) is 20.6. The van der Waals surface area contributed by atoms with Gasteiger partial charge in [-0.2, -0.15) is 0 Å². The van der Waals surface area contributed by atoms with Crippen molar-refractivity contribution in [2.45, 2.75) is 18.9 Å². The first-order valence-corrected chi connectivity index (χ1v) is 11.1. The molecule has 0 saturated carbocycles. The summed E-state index contributed by atoms with van der Waals surface area (Å²) in [6.07, 6.45) is 1.82. The summed E-state index contributed by atoms with van der Waals surface area (Å²) in [5.74, 6) is -0.345. The van der Waals surface area contributed by atoms with Gasteiger partial charge in [0.1, 0.15) is 6.33 Å². The summed E-state index contributed by atoms with van der Waals surface area (Å²) >= 11 is 5.98. The Labute approximate surface area is 172 Å². The van der Waals surface area contributed by atoms with E-state index in [2.05, 4.69) is 20.8 Å². The third kappa shape index (κ3) is 4.30. The Morgan fingerprint density at radius 2 is 1.93 bits per heavy atom. The van der Waals surface area contributed by atoms with Crippen LogP contribution in [0.5, 0.6) is 0 Å². The summed E-state index contributed by atoms with van der Waals surface area (Å²) in [6, 6.07) is 12.5. The highest BCUT2D eigenvalue weighted by Crippen LogP contribution is 2.27. The van der Waals surface area contributed by atoms with Gasteiger partial charge in [-0.3, -0.25) is 4.79 Å². The molecule has 0 radical (unpaired) electrons.